The number of rotatable bonds is 6. The third-order valence-corrected chi connectivity index (χ3v) is 6.65. The van der Waals surface area contributed by atoms with Crippen LogP contribution >= 0.6 is 11.8 Å². The second-order valence-corrected chi connectivity index (χ2v) is 8.76. The minimum atomic E-state index is -4.01. The van der Waals surface area contributed by atoms with Crippen LogP contribution in [0, 0.1) is 0 Å². The Labute approximate surface area is 168 Å². The van der Waals surface area contributed by atoms with Crippen LogP contribution in [0.1, 0.15) is 20.9 Å². The Morgan fingerprint density at radius 1 is 1.17 bits per heavy atom. The molecule has 2 N–H and O–H groups in total. The van der Waals surface area contributed by atoms with Crippen LogP contribution in [0.25, 0.3) is 0 Å². The zero-order valence-corrected chi connectivity index (χ0v) is 16.5. The Morgan fingerprint density at radius 2 is 1.86 bits per heavy atom. The Morgan fingerprint density at radius 3 is 2.45 bits per heavy atom. The van der Waals surface area contributed by atoms with Gasteiger partial charge in [0.1, 0.15) is 5.03 Å². The lowest BCUT2D eigenvalue weighted by Gasteiger charge is -2.33. The first-order valence-corrected chi connectivity index (χ1v) is 10.6. The van der Waals surface area contributed by atoms with Gasteiger partial charge in [-0.3, -0.25) is 9.59 Å². The summed E-state index contributed by atoms with van der Waals surface area (Å²) < 4.78 is 56.7. The summed E-state index contributed by atoms with van der Waals surface area (Å²) in [6, 6.07) is 5.17. The van der Waals surface area contributed by atoms with Gasteiger partial charge in [0, 0.05) is 32.4 Å². The van der Waals surface area contributed by atoms with Crippen molar-refractivity contribution < 1.29 is 31.2 Å². The van der Waals surface area contributed by atoms with Crippen molar-refractivity contribution in [1.29, 1.82) is 0 Å². The molecule has 2 aromatic heterocycles. The number of hydrogen-bond acceptors (Lipinski definition) is 7. The zero-order chi connectivity index (χ0) is 21.2. The van der Waals surface area contributed by atoms with Gasteiger partial charge in [-0.05, 0) is 36.0 Å². The van der Waals surface area contributed by atoms with E-state index in [4.69, 9.17) is 10.2 Å². The van der Waals surface area contributed by atoms with Gasteiger partial charge in [0.25, 0.3) is 27.6 Å². The smallest absolute Gasteiger partial charge is 0.290 e. The van der Waals surface area contributed by atoms with Gasteiger partial charge in [-0.25, -0.2) is 13.4 Å². The van der Waals surface area contributed by atoms with E-state index in [2.05, 4.69) is 4.98 Å². The van der Waals surface area contributed by atoms with Gasteiger partial charge < -0.3 is 15.1 Å². The fraction of sp³-hybridized carbons (Fsp3) is 0.312. The van der Waals surface area contributed by atoms with Gasteiger partial charge in [0.15, 0.2) is 5.76 Å². The number of hydrogen-bond donors (Lipinski definition) is 1. The third kappa shape index (κ3) is 4.57. The minimum Gasteiger partial charge on any atom is -0.438 e. The molecule has 29 heavy (non-hydrogen) atoms. The van der Waals surface area contributed by atoms with Crippen LogP contribution in [0.15, 0.2) is 45.0 Å². The van der Waals surface area contributed by atoms with Crippen LogP contribution in [0.4, 0.5) is 8.78 Å². The molecular weight excluding hydrogens is 430 g/mol. The van der Waals surface area contributed by atoms with Crippen molar-refractivity contribution in [3.8, 4) is 0 Å². The van der Waals surface area contributed by atoms with E-state index in [0.717, 1.165) is 10.4 Å². The highest BCUT2D eigenvalue weighted by atomic mass is 32.2. The fourth-order valence-corrected chi connectivity index (χ4v) is 4.66. The molecule has 3 rings (SSSR count). The SMILES string of the molecule is NC(=O)c1ccc(S(=O)(=O)N2CCN(C(=O)c3cccnc3SC(F)F)CC2)o1. The highest BCUT2D eigenvalue weighted by molar-refractivity contribution is 7.99. The van der Waals surface area contributed by atoms with Crippen molar-refractivity contribution >= 4 is 33.6 Å². The number of alkyl halides is 2. The molecule has 0 saturated carbocycles. The average molecular weight is 446 g/mol. The van der Waals surface area contributed by atoms with E-state index in [9.17, 15) is 26.8 Å². The summed E-state index contributed by atoms with van der Waals surface area (Å²) in [6.07, 6.45) is 1.32. The van der Waals surface area contributed by atoms with Gasteiger partial charge in [-0.1, -0.05) is 0 Å². The molecule has 3 heterocycles. The number of halogens is 2. The minimum absolute atomic E-state index is 0.0295. The molecule has 9 nitrogen and oxygen atoms in total. The normalized spacial score (nSPS) is 15.6. The maximum absolute atomic E-state index is 12.7. The maximum atomic E-state index is 12.7. The molecule has 2 aromatic rings. The number of sulfonamides is 1. The number of piperazine rings is 1. The highest BCUT2D eigenvalue weighted by Crippen LogP contribution is 2.28. The number of pyridine rings is 1. The summed E-state index contributed by atoms with van der Waals surface area (Å²) in [5.41, 5.74) is 5.09. The lowest BCUT2D eigenvalue weighted by Crippen LogP contribution is -2.50. The topological polar surface area (TPSA) is 127 Å². The summed E-state index contributed by atoms with van der Waals surface area (Å²) in [6.45, 7) is 0.0424. The Hall–Kier alpha value is -2.51. The second-order valence-electron chi connectivity index (χ2n) is 5.91. The van der Waals surface area contributed by atoms with Crippen molar-refractivity contribution in [2.45, 2.75) is 15.9 Å². The lowest BCUT2D eigenvalue weighted by molar-refractivity contribution is 0.0692. The molecule has 0 aliphatic carbocycles. The van der Waals surface area contributed by atoms with Crippen molar-refractivity contribution in [1.82, 2.24) is 14.2 Å². The first-order valence-electron chi connectivity index (χ1n) is 8.29. The predicted octanol–water partition coefficient (Wildman–Crippen LogP) is 1.23. The summed E-state index contributed by atoms with van der Waals surface area (Å²) in [7, 11) is -4.01. The Bertz CT molecular complexity index is 1020. The van der Waals surface area contributed by atoms with Gasteiger partial charge >= 0.3 is 0 Å². The monoisotopic (exact) mass is 446 g/mol. The molecule has 0 bridgehead atoms. The molecule has 0 unspecified atom stereocenters. The zero-order valence-electron chi connectivity index (χ0n) is 14.8. The molecule has 0 aromatic carbocycles. The largest absolute Gasteiger partial charge is 0.438 e. The molecule has 1 fully saturated rings. The second kappa shape index (κ2) is 8.47. The molecule has 0 atom stereocenters. The van der Waals surface area contributed by atoms with Crippen LogP contribution < -0.4 is 5.73 Å². The van der Waals surface area contributed by atoms with Crippen molar-refractivity contribution in [2.75, 3.05) is 26.2 Å². The number of aromatic nitrogens is 1. The van der Waals surface area contributed by atoms with Crippen molar-refractivity contribution in [3.63, 3.8) is 0 Å². The molecular formula is C16H16F2N4O5S2. The van der Waals surface area contributed by atoms with E-state index in [-0.39, 0.29) is 54.3 Å². The van der Waals surface area contributed by atoms with E-state index in [0.29, 0.717) is 0 Å². The average Bonchev–Trinajstić information content (AvgIpc) is 3.19. The van der Waals surface area contributed by atoms with E-state index in [1.54, 1.807) is 0 Å². The Balaban J connectivity index is 1.70. The highest BCUT2D eigenvalue weighted by Gasteiger charge is 2.33. The van der Waals surface area contributed by atoms with Gasteiger partial charge in [0.05, 0.1) is 5.56 Å². The van der Waals surface area contributed by atoms with Crippen molar-refractivity contribution in [3.05, 3.63) is 41.8 Å². The molecule has 0 spiro atoms. The molecule has 13 heteroatoms. The van der Waals surface area contributed by atoms with E-state index >= 15 is 0 Å². The number of nitrogens with zero attached hydrogens (tertiary/aromatic N) is 3. The van der Waals surface area contributed by atoms with E-state index < -0.39 is 32.7 Å². The quantitative estimate of drug-likeness (QED) is 0.661. The number of carbonyl (C=O) groups is 2. The van der Waals surface area contributed by atoms with Crippen LogP contribution in [-0.4, -0.2) is 66.4 Å². The van der Waals surface area contributed by atoms with Gasteiger partial charge in [-0.2, -0.15) is 13.1 Å². The van der Waals surface area contributed by atoms with Crippen LogP contribution in [0.2, 0.25) is 0 Å². The molecule has 1 aliphatic heterocycles. The number of thioether (sulfide) groups is 1. The molecule has 0 radical (unpaired) electrons. The van der Waals surface area contributed by atoms with Gasteiger partial charge in [0.2, 0.25) is 5.09 Å². The van der Waals surface area contributed by atoms with Crippen LogP contribution in [-0.2, 0) is 10.0 Å². The number of primary amides is 1. The molecule has 156 valence electrons. The van der Waals surface area contributed by atoms with E-state index in [1.807, 2.05) is 0 Å². The summed E-state index contributed by atoms with van der Waals surface area (Å²) in [5, 5.41) is -0.508. The molecule has 1 saturated heterocycles. The van der Waals surface area contributed by atoms with Gasteiger partial charge in [-0.15, -0.1) is 0 Å². The van der Waals surface area contributed by atoms with Crippen LogP contribution in [0.5, 0.6) is 0 Å². The first-order chi connectivity index (χ1) is 13.7. The standard InChI is InChI=1S/C16H16F2N4O5S2/c17-16(18)28-14-10(2-1-5-20-14)15(24)21-6-8-22(9-7-21)29(25,26)12-4-3-11(27-12)13(19)23/h1-5,16H,6-9H2,(H2,19,23). The van der Waals surface area contributed by atoms with Crippen molar-refractivity contribution in [2.24, 2.45) is 5.73 Å². The number of amides is 2. The third-order valence-electron chi connectivity index (χ3n) is 4.15. The fourth-order valence-electron chi connectivity index (χ4n) is 2.75. The summed E-state index contributed by atoms with van der Waals surface area (Å²) in [4.78, 5) is 29.0. The molecule has 1 aliphatic rings. The Kier molecular flexibility index (Phi) is 6.19. The maximum Gasteiger partial charge on any atom is 0.290 e. The summed E-state index contributed by atoms with van der Waals surface area (Å²) in [5.74, 6) is -4.40. The lowest BCUT2D eigenvalue weighted by atomic mass is 10.2. The predicted molar refractivity (Wildman–Crippen MR) is 98.0 cm³/mol. The number of carbonyl (C=O) groups excluding carboxylic acids is 2. The number of nitrogens with two attached hydrogens (primary N) is 1. The molecule has 2 amide bonds. The number of furan rings is 1. The first kappa shape index (κ1) is 21.2. The van der Waals surface area contributed by atoms with Crippen LogP contribution in [0.3, 0.4) is 0 Å². The van der Waals surface area contributed by atoms with E-state index in [1.165, 1.54) is 29.3 Å². The summed E-state index contributed by atoms with van der Waals surface area (Å²) >= 11 is 0.176.